The molecule has 1 heterocycles. The van der Waals surface area contributed by atoms with Crippen LogP contribution in [0.15, 0.2) is 0 Å². The lowest BCUT2D eigenvalue weighted by molar-refractivity contribution is -0.145. The van der Waals surface area contributed by atoms with E-state index in [1.54, 1.807) is 11.8 Å². The molecule has 1 rings (SSSR count). The Hall–Kier alpha value is -0.650. The van der Waals surface area contributed by atoms with Gasteiger partial charge in [0.1, 0.15) is 6.10 Å². The molecule has 1 aliphatic rings. The van der Waals surface area contributed by atoms with Crippen LogP contribution in [0.5, 0.6) is 0 Å². The summed E-state index contributed by atoms with van der Waals surface area (Å²) in [5.74, 6) is 0.0544. The van der Waals surface area contributed by atoms with Gasteiger partial charge in [-0.2, -0.15) is 0 Å². The molecule has 0 aromatic carbocycles. The minimum Gasteiger partial charge on any atom is -0.373 e. The van der Waals surface area contributed by atoms with Crippen LogP contribution in [0.2, 0.25) is 0 Å². The Morgan fingerprint density at radius 2 is 2.24 bits per heavy atom. The number of hydrogen-bond donors (Lipinski definition) is 1. The Balaban J connectivity index is 2.27. The molecule has 0 spiro atoms. The van der Waals surface area contributed by atoms with Crippen molar-refractivity contribution < 1.29 is 14.3 Å². The fourth-order valence-electron chi connectivity index (χ4n) is 1.84. The second kappa shape index (κ2) is 7.63. The van der Waals surface area contributed by atoms with Gasteiger partial charge >= 0.3 is 0 Å². The molecule has 1 fully saturated rings. The molecule has 0 saturated carbocycles. The molecule has 0 bridgehead atoms. The fourth-order valence-corrected chi connectivity index (χ4v) is 1.84. The van der Waals surface area contributed by atoms with Crippen LogP contribution in [-0.4, -0.2) is 62.4 Å². The van der Waals surface area contributed by atoms with E-state index in [4.69, 9.17) is 9.47 Å². The molecule has 0 aromatic rings. The lowest BCUT2D eigenvalue weighted by Crippen LogP contribution is -2.44. The van der Waals surface area contributed by atoms with Gasteiger partial charge in [0.25, 0.3) is 5.91 Å². The van der Waals surface area contributed by atoms with Crippen molar-refractivity contribution >= 4 is 5.91 Å². The third-order valence-electron chi connectivity index (χ3n) is 2.96. The molecular weight excluding hydrogens is 220 g/mol. The second-order valence-electron chi connectivity index (χ2n) is 4.18. The summed E-state index contributed by atoms with van der Waals surface area (Å²) < 4.78 is 11.1. The lowest BCUT2D eigenvalue weighted by Gasteiger charge is -2.27. The van der Waals surface area contributed by atoms with Crippen molar-refractivity contribution in [2.24, 2.45) is 0 Å². The molecule has 2 unspecified atom stereocenters. The number of morpholine rings is 1. The van der Waals surface area contributed by atoms with Gasteiger partial charge in [0.05, 0.1) is 19.3 Å². The molecule has 2 atom stereocenters. The van der Waals surface area contributed by atoms with E-state index >= 15 is 0 Å². The Morgan fingerprint density at radius 3 is 2.76 bits per heavy atom. The highest BCUT2D eigenvalue weighted by Gasteiger charge is 2.21. The highest BCUT2D eigenvalue weighted by atomic mass is 16.5. The molecule has 1 N–H and O–H groups in total. The van der Waals surface area contributed by atoms with E-state index in [0.29, 0.717) is 13.2 Å². The highest BCUT2D eigenvalue weighted by Crippen LogP contribution is 2.03. The summed E-state index contributed by atoms with van der Waals surface area (Å²) in [6.45, 7) is 10.1. The first kappa shape index (κ1) is 14.4. The number of likely N-dealkylation sites (N-methyl/N-ethyl adjacent to an activating group) is 1. The molecule has 1 aliphatic heterocycles. The molecule has 17 heavy (non-hydrogen) atoms. The molecule has 5 heteroatoms. The van der Waals surface area contributed by atoms with Crippen molar-refractivity contribution in [1.29, 1.82) is 0 Å². The number of amides is 1. The van der Waals surface area contributed by atoms with Crippen LogP contribution < -0.4 is 5.32 Å². The van der Waals surface area contributed by atoms with Gasteiger partial charge in [0.2, 0.25) is 0 Å². The monoisotopic (exact) mass is 244 g/mol. The Morgan fingerprint density at radius 1 is 1.53 bits per heavy atom. The minimum atomic E-state index is -0.388. The smallest absolute Gasteiger partial charge is 0.251 e. The number of rotatable bonds is 6. The van der Waals surface area contributed by atoms with Crippen molar-refractivity contribution in [2.75, 3.05) is 39.4 Å². The van der Waals surface area contributed by atoms with E-state index < -0.39 is 0 Å². The number of carbonyl (C=O) groups is 1. The highest BCUT2D eigenvalue weighted by molar-refractivity contribution is 5.80. The normalized spacial score (nSPS) is 22.2. The number of carbonyl (C=O) groups excluding carboxylic acids is 1. The van der Waals surface area contributed by atoms with E-state index in [1.807, 2.05) is 13.8 Å². The largest absolute Gasteiger partial charge is 0.373 e. The zero-order valence-corrected chi connectivity index (χ0v) is 11.1. The molecule has 0 aromatic heterocycles. The zero-order valence-electron chi connectivity index (χ0n) is 11.1. The maximum absolute atomic E-state index is 11.9. The van der Waals surface area contributed by atoms with E-state index in [-0.39, 0.29) is 18.1 Å². The summed E-state index contributed by atoms with van der Waals surface area (Å²) >= 11 is 0. The topological polar surface area (TPSA) is 50.8 Å². The minimum absolute atomic E-state index is 0.0544. The first-order valence-corrected chi connectivity index (χ1v) is 6.41. The Labute approximate surface area is 103 Å². The average Bonchev–Trinajstić information content (AvgIpc) is 2.38. The van der Waals surface area contributed by atoms with Crippen LogP contribution in [0.1, 0.15) is 20.8 Å². The SMILES string of the molecule is CCN(CC)C(=O)C(C)OCC1CNCCO1. The van der Waals surface area contributed by atoms with E-state index in [9.17, 15) is 4.79 Å². The quantitative estimate of drug-likeness (QED) is 0.727. The van der Waals surface area contributed by atoms with E-state index in [0.717, 1.165) is 26.2 Å². The summed E-state index contributed by atoms with van der Waals surface area (Å²) in [6, 6.07) is 0. The van der Waals surface area contributed by atoms with Crippen LogP contribution in [0.4, 0.5) is 0 Å². The third kappa shape index (κ3) is 4.61. The van der Waals surface area contributed by atoms with Crippen molar-refractivity contribution in [3.63, 3.8) is 0 Å². The van der Waals surface area contributed by atoms with E-state index in [2.05, 4.69) is 5.32 Å². The van der Waals surface area contributed by atoms with Crippen LogP contribution in [0.25, 0.3) is 0 Å². The second-order valence-corrected chi connectivity index (χ2v) is 4.18. The van der Waals surface area contributed by atoms with Crippen molar-refractivity contribution in [3.05, 3.63) is 0 Å². The standard InChI is InChI=1S/C12H24N2O3/c1-4-14(5-2)12(15)10(3)17-9-11-8-13-6-7-16-11/h10-11,13H,4-9H2,1-3H3. The molecule has 100 valence electrons. The molecule has 0 aliphatic carbocycles. The van der Waals surface area contributed by atoms with Crippen molar-refractivity contribution in [3.8, 4) is 0 Å². The van der Waals surface area contributed by atoms with Gasteiger partial charge in [-0.3, -0.25) is 4.79 Å². The maximum atomic E-state index is 11.9. The lowest BCUT2D eigenvalue weighted by atomic mass is 10.3. The van der Waals surface area contributed by atoms with Crippen molar-refractivity contribution in [1.82, 2.24) is 10.2 Å². The maximum Gasteiger partial charge on any atom is 0.251 e. The van der Waals surface area contributed by atoms with Crippen LogP contribution in [-0.2, 0) is 14.3 Å². The molecule has 1 amide bonds. The van der Waals surface area contributed by atoms with Gasteiger partial charge in [-0.05, 0) is 20.8 Å². The summed E-state index contributed by atoms with van der Waals surface area (Å²) in [4.78, 5) is 13.7. The van der Waals surface area contributed by atoms with Crippen LogP contribution >= 0.6 is 0 Å². The molecular formula is C12H24N2O3. The van der Waals surface area contributed by atoms with Gasteiger partial charge in [-0.1, -0.05) is 0 Å². The van der Waals surface area contributed by atoms with E-state index in [1.165, 1.54) is 0 Å². The van der Waals surface area contributed by atoms with Crippen molar-refractivity contribution in [2.45, 2.75) is 33.0 Å². The summed E-state index contributed by atoms with van der Waals surface area (Å²) in [5.41, 5.74) is 0. The first-order valence-electron chi connectivity index (χ1n) is 6.41. The first-order chi connectivity index (χ1) is 8.19. The van der Waals surface area contributed by atoms with Gasteiger partial charge in [-0.25, -0.2) is 0 Å². The Kier molecular flexibility index (Phi) is 6.47. The number of nitrogens with one attached hydrogen (secondary N) is 1. The van der Waals surface area contributed by atoms with Gasteiger partial charge in [0, 0.05) is 26.2 Å². The van der Waals surface area contributed by atoms with Gasteiger partial charge in [-0.15, -0.1) is 0 Å². The number of ether oxygens (including phenoxy) is 2. The van der Waals surface area contributed by atoms with Gasteiger partial charge < -0.3 is 19.7 Å². The number of nitrogens with zero attached hydrogens (tertiary/aromatic N) is 1. The predicted molar refractivity (Wildman–Crippen MR) is 66.0 cm³/mol. The summed E-state index contributed by atoms with van der Waals surface area (Å²) in [7, 11) is 0. The van der Waals surface area contributed by atoms with Crippen LogP contribution in [0.3, 0.4) is 0 Å². The third-order valence-corrected chi connectivity index (χ3v) is 2.96. The summed E-state index contributed by atoms with van der Waals surface area (Å²) in [5, 5.41) is 3.23. The molecule has 1 saturated heterocycles. The number of hydrogen-bond acceptors (Lipinski definition) is 4. The van der Waals surface area contributed by atoms with Gasteiger partial charge in [0.15, 0.2) is 0 Å². The zero-order chi connectivity index (χ0) is 12.7. The average molecular weight is 244 g/mol. The molecule has 5 nitrogen and oxygen atoms in total. The molecule has 0 radical (unpaired) electrons. The summed E-state index contributed by atoms with van der Waals surface area (Å²) in [6.07, 6.45) is -0.323. The fraction of sp³-hybridized carbons (Fsp3) is 0.917. The Bertz CT molecular complexity index is 226. The predicted octanol–water partition coefficient (Wildman–Crippen LogP) is 0.248. The van der Waals surface area contributed by atoms with Crippen LogP contribution in [0, 0.1) is 0 Å².